The van der Waals surface area contributed by atoms with Gasteiger partial charge in [0.05, 0.1) is 6.61 Å². The van der Waals surface area contributed by atoms with Crippen LogP contribution in [0, 0.1) is 0 Å². The Morgan fingerprint density at radius 1 is 0.966 bits per heavy atom. The molecule has 2 aromatic rings. The van der Waals surface area contributed by atoms with Crippen LogP contribution in [0.25, 0.3) is 0 Å². The van der Waals surface area contributed by atoms with Gasteiger partial charge in [-0.15, -0.1) is 0 Å². The van der Waals surface area contributed by atoms with Gasteiger partial charge in [-0.25, -0.2) is 0 Å². The summed E-state index contributed by atoms with van der Waals surface area (Å²) in [4.78, 5) is 12.4. The first-order valence-electron chi connectivity index (χ1n) is 10.3. The minimum atomic E-state index is -0.176. The Morgan fingerprint density at radius 3 is 1.93 bits per heavy atom. The molecule has 0 fully saturated rings. The summed E-state index contributed by atoms with van der Waals surface area (Å²) >= 11 is 0. The maximum atomic E-state index is 12.4. The van der Waals surface area contributed by atoms with Crippen LogP contribution in [0.1, 0.15) is 71.6 Å². The van der Waals surface area contributed by atoms with Crippen LogP contribution in [0.2, 0.25) is 0 Å². The zero-order chi connectivity index (χ0) is 21.8. The number of aryl methyl sites for hydroxylation is 1. The molecule has 29 heavy (non-hydrogen) atoms. The molecule has 2 aromatic carbocycles. The third-order valence-corrected chi connectivity index (χ3v) is 4.88. The van der Waals surface area contributed by atoms with Crippen LogP contribution in [-0.4, -0.2) is 17.6 Å². The van der Waals surface area contributed by atoms with E-state index in [4.69, 9.17) is 4.74 Å². The maximum absolute atomic E-state index is 12.4. The quantitative estimate of drug-likeness (QED) is 0.632. The normalized spacial score (nSPS) is 12.0. The predicted octanol–water partition coefficient (Wildman–Crippen LogP) is 5.96. The molecule has 0 aliphatic rings. The molecule has 158 valence electrons. The van der Waals surface area contributed by atoms with Gasteiger partial charge >= 0.3 is 0 Å². The smallest absolute Gasteiger partial charge is 0.224 e. The largest absolute Gasteiger partial charge is 0.507 e. The van der Waals surface area contributed by atoms with Crippen LogP contribution >= 0.6 is 0 Å². The number of carbonyl (C=O) groups excluding carboxylic acids is 1. The van der Waals surface area contributed by atoms with Crippen molar-refractivity contribution in [3.05, 3.63) is 53.1 Å². The van der Waals surface area contributed by atoms with Gasteiger partial charge in [-0.3, -0.25) is 4.79 Å². The molecule has 4 nitrogen and oxygen atoms in total. The number of amides is 1. The fourth-order valence-electron chi connectivity index (χ4n) is 3.26. The minimum Gasteiger partial charge on any atom is -0.507 e. The van der Waals surface area contributed by atoms with E-state index in [1.165, 1.54) is 0 Å². The molecule has 0 unspecified atom stereocenters. The highest BCUT2D eigenvalue weighted by atomic mass is 16.5. The van der Waals surface area contributed by atoms with Crippen molar-refractivity contribution in [1.82, 2.24) is 0 Å². The topological polar surface area (TPSA) is 58.6 Å². The van der Waals surface area contributed by atoms with E-state index in [9.17, 15) is 9.90 Å². The molecule has 0 heterocycles. The summed E-state index contributed by atoms with van der Waals surface area (Å²) in [6.45, 7) is 15.1. The van der Waals surface area contributed by atoms with Gasteiger partial charge in [0.15, 0.2) is 0 Å². The lowest BCUT2D eigenvalue weighted by Crippen LogP contribution is -2.18. The molecular weight excluding hydrogens is 362 g/mol. The summed E-state index contributed by atoms with van der Waals surface area (Å²) in [5.41, 5.74) is 3.32. The van der Waals surface area contributed by atoms with Crippen molar-refractivity contribution in [2.24, 2.45) is 0 Å². The fraction of sp³-hybridized carbons (Fsp3) is 0.480. The van der Waals surface area contributed by atoms with Crippen molar-refractivity contribution in [2.75, 3.05) is 11.9 Å². The molecule has 0 spiro atoms. The van der Waals surface area contributed by atoms with Gasteiger partial charge in [-0.1, -0.05) is 53.7 Å². The van der Waals surface area contributed by atoms with Gasteiger partial charge in [0.25, 0.3) is 0 Å². The van der Waals surface area contributed by atoms with E-state index >= 15 is 0 Å². The second-order valence-corrected chi connectivity index (χ2v) is 9.55. The number of rotatable bonds is 6. The molecule has 2 rings (SSSR count). The first-order chi connectivity index (χ1) is 13.4. The zero-order valence-electron chi connectivity index (χ0n) is 18.8. The summed E-state index contributed by atoms with van der Waals surface area (Å²) in [5, 5.41) is 13.8. The number of nitrogens with one attached hydrogen (secondary N) is 1. The van der Waals surface area contributed by atoms with E-state index in [0.717, 1.165) is 28.1 Å². The number of phenolic OH excluding ortho intramolecular Hbond substituents is 1. The Hall–Kier alpha value is -2.49. The summed E-state index contributed by atoms with van der Waals surface area (Å²) < 4.78 is 5.42. The standard InChI is InChI=1S/C25H35NO3/c1-8-29-19-12-10-18(11-13-19)26-22(27)14-9-17-15-20(24(2,3)4)23(28)21(16-17)25(5,6)7/h10-13,15-16,28H,8-9,14H2,1-7H3,(H,26,27). The van der Waals surface area contributed by atoms with Crippen LogP contribution in [0.15, 0.2) is 36.4 Å². The number of phenols is 1. The van der Waals surface area contributed by atoms with Crippen molar-refractivity contribution < 1.29 is 14.6 Å². The van der Waals surface area contributed by atoms with Crippen molar-refractivity contribution in [2.45, 2.75) is 72.1 Å². The van der Waals surface area contributed by atoms with E-state index in [-0.39, 0.29) is 16.7 Å². The average molecular weight is 398 g/mol. The molecule has 2 N–H and O–H groups in total. The molecular formula is C25H35NO3. The number of carbonyl (C=O) groups is 1. The lowest BCUT2D eigenvalue weighted by Gasteiger charge is -2.28. The summed E-state index contributed by atoms with van der Waals surface area (Å²) in [6, 6.07) is 11.5. The second-order valence-electron chi connectivity index (χ2n) is 9.55. The molecule has 4 heteroatoms. The number of aromatic hydroxyl groups is 1. The van der Waals surface area contributed by atoms with Crippen molar-refractivity contribution in [1.29, 1.82) is 0 Å². The van der Waals surface area contributed by atoms with Crippen molar-refractivity contribution >= 4 is 11.6 Å². The van der Waals surface area contributed by atoms with Gasteiger partial charge in [0, 0.05) is 12.1 Å². The maximum Gasteiger partial charge on any atom is 0.224 e. The van der Waals surface area contributed by atoms with Gasteiger partial charge in [0.1, 0.15) is 11.5 Å². The third-order valence-electron chi connectivity index (χ3n) is 4.88. The third kappa shape index (κ3) is 6.25. The summed E-state index contributed by atoms with van der Waals surface area (Å²) in [5.74, 6) is 1.13. The zero-order valence-corrected chi connectivity index (χ0v) is 18.8. The number of hydrogen-bond donors (Lipinski definition) is 2. The van der Waals surface area contributed by atoms with Crippen LogP contribution in [0.4, 0.5) is 5.69 Å². The molecule has 0 atom stereocenters. The molecule has 0 saturated carbocycles. The molecule has 0 aliphatic heterocycles. The van der Waals surface area contributed by atoms with Crippen molar-refractivity contribution in [3.8, 4) is 11.5 Å². The Balaban J connectivity index is 2.14. The predicted molar refractivity (Wildman–Crippen MR) is 120 cm³/mol. The van der Waals surface area contributed by atoms with Crippen LogP contribution in [-0.2, 0) is 22.0 Å². The van der Waals surface area contributed by atoms with Gasteiger partial charge in [-0.2, -0.15) is 0 Å². The van der Waals surface area contributed by atoms with Gasteiger partial charge < -0.3 is 15.2 Å². The van der Waals surface area contributed by atoms with Crippen LogP contribution < -0.4 is 10.1 Å². The number of benzene rings is 2. The van der Waals surface area contributed by atoms with Crippen LogP contribution in [0.3, 0.4) is 0 Å². The Bertz CT molecular complexity index is 805. The Kier molecular flexibility index (Phi) is 6.99. The molecule has 0 aliphatic carbocycles. The SMILES string of the molecule is CCOc1ccc(NC(=O)CCc2cc(C(C)(C)C)c(O)c(C(C)(C)C)c2)cc1. The first-order valence-corrected chi connectivity index (χ1v) is 10.3. The summed E-state index contributed by atoms with van der Waals surface area (Å²) in [6.07, 6.45) is 1.00. The molecule has 0 radical (unpaired) electrons. The molecule has 0 aromatic heterocycles. The Labute approximate surface area is 175 Å². The van der Waals surface area contributed by atoms with E-state index in [1.807, 2.05) is 43.3 Å². The number of anilines is 1. The second kappa shape index (κ2) is 8.89. The highest BCUT2D eigenvalue weighted by molar-refractivity contribution is 5.90. The lowest BCUT2D eigenvalue weighted by atomic mass is 9.78. The summed E-state index contributed by atoms with van der Waals surface area (Å²) in [7, 11) is 0. The highest BCUT2D eigenvalue weighted by Gasteiger charge is 2.26. The number of hydrogen-bond acceptors (Lipinski definition) is 3. The van der Waals surface area contributed by atoms with Crippen LogP contribution in [0.5, 0.6) is 11.5 Å². The average Bonchev–Trinajstić information content (AvgIpc) is 2.60. The highest BCUT2D eigenvalue weighted by Crippen LogP contribution is 2.40. The minimum absolute atomic E-state index is 0.0307. The van der Waals surface area contributed by atoms with E-state index < -0.39 is 0 Å². The first kappa shape index (κ1) is 22.8. The molecule has 1 amide bonds. The monoisotopic (exact) mass is 397 g/mol. The Morgan fingerprint density at radius 2 is 1.48 bits per heavy atom. The van der Waals surface area contributed by atoms with Gasteiger partial charge in [-0.05, 0) is 65.1 Å². The number of ether oxygens (including phenoxy) is 1. The van der Waals surface area contributed by atoms with E-state index in [0.29, 0.717) is 25.2 Å². The van der Waals surface area contributed by atoms with E-state index in [2.05, 4.69) is 46.9 Å². The fourth-order valence-corrected chi connectivity index (χ4v) is 3.26. The van der Waals surface area contributed by atoms with E-state index in [1.54, 1.807) is 0 Å². The molecule has 0 bridgehead atoms. The lowest BCUT2D eigenvalue weighted by molar-refractivity contribution is -0.116. The van der Waals surface area contributed by atoms with Gasteiger partial charge in [0.2, 0.25) is 5.91 Å². The molecule has 0 saturated heterocycles. The van der Waals surface area contributed by atoms with Crippen molar-refractivity contribution in [3.63, 3.8) is 0 Å².